The molecule has 1 amide bonds. The summed E-state index contributed by atoms with van der Waals surface area (Å²) >= 11 is 0. The Bertz CT molecular complexity index is 163. The highest BCUT2D eigenvalue weighted by atomic mass is 35.5. The molecule has 0 atom stereocenters. The molecular formula is C9H20ClFN2O. The summed E-state index contributed by atoms with van der Waals surface area (Å²) < 4.78 is 11.7. The fourth-order valence-electron chi connectivity index (χ4n) is 1.02. The van der Waals surface area contributed by atoms with E-state index in [0.717, 1.165) is 0 Å². The third-order valence-corrected chi connectivity index (χ3v) is 2.31. The van der Waals surface area contributed by atoms with Crippen molar-refractivity contribution < 1.29 is 9.18 Å². The van der Waals surface area contributed by atoms with Crippen molar-refractivity contribution in [1.82, 2.24) is 5.32 Å². The number of alkyl halides is 1. The molecule has 0 aliphatic carbocycles. The number of halogens is 2. The molecule has 0 rings (SSSR count). The predicted octanol–water partition coefficient (Wildman–Crippen LogP) is 1.40. The van der Waals surface area contributed by atoms with Crippen LogP contribution in [0.25, 0.3) is 0 Å². The highest BCUT2D eigenvalue weighted by Crippen LogP contribution is 2.10. The zero-order valence-electron chi connectivity index (χ0n) is 8.81. The van der Waals surface area contributed by atoms with Crippen LogP contribution in [-0.4, -0.2) is 24.7 Å². The summed E-state index contributed by atoms with van der Waals surface area (Å²) in [4.78, 5) is 11.4. The van der Waals surface area contributed by atoms with E-state index < -0.39 is 12.2 Å². The Morgan fingerprint density at radius 3 is 2.29 bits per heavy atom. The minimum atomic E-state index is -0.781. The van der Waals surface area contributed by atoms with Crippen molar-refractivity contribution in [1.29, 1.82) is 0 Å². The number of nitrogens with two attached hydrogens (primary N) is 1. The molecule has 0 fully saturated rings. The highest BCUT2D eigenvalue weighted by Gasteiger charge is 2.29. The van der Waals surface area contributed by atoms with E-state index in [2.05, 4.69) is 5.32 Å². The van der Waals surface area contributed by atoms with Gasteiger partial charge in [0, 0.05) is 6.54 Å². The summed E-state index contributed by atoms with van der Waals surface area (Å²) in [5.74, 6) is -0.175. The predicted molar refractivity (Wildman–Crippen MR) is 58.4 cm³/mol. The van der Waals surface area contributed by atoms with Gasteiger partial charge in [-0.3, -0.25) is 9.18 Å². The van der Waals surface area contributed by atoms with Gasteiger partial charge in [0.2, 0.25) is 5.91 Å². The van der Waals surface area contributed by atoms with Crippen LogP contribution in [0.4, 0.5) is 4.39 Å². The molecule has 0 saturated heterocycles. The first kappa shape index (κ1) is 16.1. The van der Waals surface area contributed by atoms with Crippen LogP contribution in [0.2, 0.25) is 0 Å². The number of carbonyl (C=O) groups excluding carboxylic acids is 1. The lowest BCUT2D eigenvalue weighted by atomic mass is 9.93. The lowest BCUT2D eigenvalue weighted by Crippen LogP contribution is -2.53. The first-order chi connectivity index (χ1) is 6.10. The molecule has 0 aliphatic rings. The van der Waals surface area contributed by atoms with E-state index >= 15 is 0 Å². The molecule has 0 radical (unpaired) electrons. The summed E-state index contributed by atoms with van der Waals surface area (Å²) in [7, 11) is 0. The summed E-state index contributed by atoms with van der Waals surface area (Å²) in [5.41, 5.74) is 5.04. The van der Waals surface area contributed by atoms with Gasteiger partial charge in [0.25, 0.3) is 0 Å². The maximum absolute atomic E-state index is 11.7. The molecule has 3 N–H and O–H groups in total. The number of hydrogen-bond donors (Lipinski definition) is 2. The number of rotatable bonds is 6. The fraction of sp³-hybridized carbons (Fsp3) is 0.889. The van der Waals surface area contributed by atoms with Crippen LogP contribution >= 0.6 is 12.4 Å². The minimum Gasteiger partial charge on any atom is -0.354 e. The van der Waals surface area contributed by atoms with E-state index in [-0.39, 0.29) is 18.3 Å². The van der Waals surface area contributed by atoms with E-state index in [9.17, 15) is 9.18 Å². The summed E-state index contributed by atoms with van der Waals surface area (Å²) in [6, 6.07) is 0. The van der Waals surface area contributed by atoms with Gasteiger partial charge in [-0.1, -0.05) is 13.8 Å². The van der Waals surface area contributed by atoms with E-state index in [1.165, 1.54) is 0 Å². The van der Waals surface area contributed by atoms with Crippen molar-refractivity contribution in [3.05, 3.63) is 0 Å². The van der Waals surface area contributed by atoms with Crippen LogP contribution in [0.5, 0.6) is 0 Å². The molecular weight excluding hydrogens is 207 g/mol. The van der Waals surface area contributed by atoms with Crippen molar-refractivity contribution in [2.24, 2.45) is 5.73 Å². The maximum Gasteiger partial charge on any atom is 0.240 e. The number of hydrogen-bond acceptors (Lipinski definition) is 2. The second-order valence-electron chi connectivity index (χ2n) is 3.16. The van der Waals surface area contributed by atoms with Gasteiger partial charge in [0.15, 0.2) is 0 Å². The molecule has 0 aromatic rings. The van der Waals surface area contributed by atoms with Gasteiger partial charge >= 0.3 is 0 Å². The minimum absolute atomic E-state index is 0. The van der Waals surface area contributed by atoms with E-state index in [1.807, 2.05) is 13.8 Å². The van der Waals surface area contributed by atoms with Gasteiger partial charge in [0.1, 0.15) is 0 Å². The van der Waals surface area contributed by atoms with Gasteiger partial charge in [-0.15, -0.1) is 12.4 Å². The zero-order chi connectivity index (χ0) is 10.3. The van der Waals surface area contributed by atoms with Crippen molar-refractivity contribution in [2.45, 2.75) is 38.6 Å². The molecule has 14 heavy (non-hydrogen) atoms. The second-order valence-corrected chi connectivity index (χ2v) is 3.16. The molecule has 0 aliphatic heterocycles. The van der Waals surface area contributed by atoms with Crippen LogP contribution in [-0.2, 0) is 4.79 Å². The Kier molecular flexibility index (Phi) is 9.20. The molecule has 0 heterocycles. The van der Waals surface area contributed by atoms with E-state index in [1.54, 1.807) is 0 Å². The quantitative estimate of drug-likeness (QED) is 0.673. The SMILES string of the molecule is CCC(N)(CC)C(=O)NCCCF.Cl. The van der Waals surface area contributed by atoms with Gasteiger partial charge in [-0.2, -0.15) is 0 Å². The number of amides is 1. The van der Waals surface area contributed by atoms with Crippen molar-refractivity contribution in [3.8, 4) is 0 Å². The third-order valence-electron chi connectivity index (χ3n) is 2.31. The average Bonchev–Trinajstić information content (AvgIpc) is 2.17. The molecule has 0 aromatic heterocycles. The van der Waals surface area contributed by atoms with Crippen LogP contribution in [0.3, 0.4) is 0 Å². The maximum atomic E-state index is 11.7. The Balaban J connectivity index is 0. The van der Waals surface area contributed by atoms with Crippen LogP contribution in [0, 0.1) is 0 Å². The van der Waals surface area contributed by atoms with Crippen LogP contribution in [0.1, 0.15) is 33.1 Å². The Morgan fingerprint density at radius 1 is 1.43 bits per heavy atom. The Morgan fingerprint density at radius 2 is 1.93 bits per heavy atom. The third kappa shape index (κ3) is 4.77. The molecule has 0 bridgehead atoms. The molecule has 5 heteroatoms. The first-order valence-electron chi connectivity index (χ1n) is 4.73. The fourth-order valence-corrected chi connectivity index (χ4v) is 1.02. The van der Waals surface area contributed by atoms with Crippen LogP contribution in [0.15, 0.2) is 0 Å². The van der Waals surface area contributed by atoms with Gasteiger partial charge < -0.3 is 11.1 Å². The standard InChI is InChI=1S/C9H19FN2O.ClH/c1-3-9(11,4-2)8(13)12-7-5-6-10;/h3-7,11H2,1-2H3,(H,12,13);1H. The Labute approximate surface area is 91.0 Å². The second kappa shape index (κ2) is 8.00. The summed E-state index contributed by atoms with van der Waals surface area (Å²) in [6.45, 7) is 3.71. The molecule has 0 unspecified atom stereocenters. The average molecular weight is 227 g/mol. The van der Waals surface area contributed by atoms with Crippen molar-refractivity contribution in [2.75, 3.05) is 13.2 Å². The van der Waals surface area contributed by atoms with E-state index in [4.69, 9.17) is 5.73 Å². The molecule has 0 saturated carbocycles. The van der Waals surface area contributed by atoms with E-state index in [0.29, 0.717) is 25.8 Å². The highest BCUT2D eigenvalue weighted by molar-refractivity contribution is 5.86. The number of carbonyl (C=O) groups is 1. The Hall–Kier alpha value is -0.350. The van der Waals surface area contributed by atoms with Crippen molar-refractivity contribution >= 4 is 18.3 Å². The van der Waals surface area contributed by atoms with Crippen LogP contribution < -0.4 is 11.1 Å². The lowest BCUT2D eigenvalue weighted by molar-refractivity contribution is -0.126. The summed E-state index contributed by atoms with van der Waals surface area (Å²) in [6.07, 6.45) is 1.56. The van der Waals surface area contributed by atoms with Gasteiger partial charge in [-0.25, -0.2) is 0 Å². The number of nitrogens with one attached hydrogen (secondary N) is 1. The topological polar surface area (TPSA) is 55.1 Å². The normalized spacial score (nSPS) is 10.6. The van der Waals surface area contributed by atoms with Gasteiger partial charge in [-0.05, 0) is 19.3 Å². The summed E-state index contributed by atoms with van der Waals surface area (Å²) in [5, 5.41) is 2.62. The molecule has 3 nitrogen and oxygen atoms in total. The lowest BCUT2D eigenvalue weighted by Gasteiger charge is -2.24. The smallest absolute Gasteiger partial charge is 0.240 e. The molecule has 0 aromatic carbocycles. The molecule has 0 spiro atoms. The van der Waals surface area contributed by atoms with Gasteiger partial charge in [0.05, 0.1) is 12.2 Å². The van der Waals surface area contributed by atoms with Crippen molar-refractivity contribution in [3.63, 3.8) is 0 Å². The molecule has 86 valence electrons. The zero-order valence-corrected chi connectivity index (χ0v) is 9.62. The monoisotopic (exact) mass is 226 g/mol. The largest absolute Gasteiger partial charge is 0.354 e. The first-order valence-corrected chi connectivity index (χ1v) is 4.73.